The van der Waals surface area contributed by atoms with E-state index < -0.39 is 28.7 Å². The molecule has 0 radical (unpaired) electrons. The zero-order valence-corrected chi connectivity index (χ0v) is 25.8. The number of aliphatic imine (C=N–C) groups is 1. The van der Waals surface area contributed by atoms with Crippen LogP contribution in [-0.4, -0.2) is 78.8 Å². The largest absolute Gasteiger partial charge is 0.468 e. The Balaban J connectivity index is 1.26. The molecule has 0 aliphatic carbocycles. The van der Waals surface area contributed by atoms with Crippen molar-refractivity contribution >= 4 is 23.3 Å². The van der Waals surface area contributed by atoms with Gasteiger partial charge in [-0.25, -0.2) is 4.79 Å². The van der Waals surface area contributed by atoms with Gasteiger partial charge < -0.3 is 9.47 Å². The third-order valence-electron chi connectivity index (χ3n) is 8.59. The van der Waals surface area contributed by atoms with E-state index in [4.69, 9.17) is 9.47 Å². The number of esters is 2. The van der Waals surface area contributed by atoms with Gasteiger partial charge in [-0.1, -0.05) is 72.8 Å². The lowest BCUT2D eigenvalue weighted by molar-refractivity contribution is -0.384. The van der Waals surface area contributed by atoms with Gasteiger partial charge in [-0.3, -0.25) is 29.7 Å². The monoisotopic (exact) mass is 610 g/mol. The smallest absolute Gasteiger partial charge is 0.336 e. The van der Waals surface area contributed by atoms with Gasteiger partial charge in [0.25, 0.3) is 5.69 Å². The van der Waals surface area contributed by atoms with E-state index in [1.54, 1.807) is 26.0 Å². The van der Waals surface area contributed by atoms with Crippen molar-refractivity contribution < 1.29 is 24.0 Å². The molecule has 10 nitrogen and oxygen atoms in total. The van der Waals surface area contributed by atoms with Crippen LogP contribution in [-0.2, 0) is 19.1 Å². The highest BCUT2D eigenvalue weighted by Gasteiger charge is 2.42. The summed E-state index contributed by atoms with van der Waals surface area (Å²) >= 11 is 0. The molecule has 0 amide bonds. The summed E-state index contributed by atoms with van der Waals surface area (Å²) in [6.45, 7) is 7.44. The van der Waals surface area contributed by atoms with E-state index in [0.29, 0.717) is 23.5 Å². The van der Waals surface area contributed by atoms with Gasteiger partial charge >= 0.3 is 11.9 Å². The third-order valence-corrected chi connectivity index (χ3v) is 8.59. The summed E-state index contributed by atoms with van der Waals surface area (Å²) in [6.07, 6.45) is 0. The Kier molecular flexibility index (Phi) is 10.2. The van der Waals surface area contributed by atoms with E-state index in [9.17, 15) is 19.7 Å². The highest BCUT2D eigenvalue weighted by atomic mass is 16.6. The Morgan fingerprint density at radius 2 is 1.56 bits per heavy atom. The fraction of sp³-hybridized carbons (Fsp3) is 0.343. The summed E-state index contributed by atoms with van der Waals surface area (Å²) in [6, 6.07) is 27.2. The molecule has 2 aliphatic heterocycles. The van der Waals surface area contributed by atoms with Gasteiger partial charge in [-0.15, -0.1) is 0 Å². The van der Waals surface area contributed by atoms with E-state index in [1.165, 1.54) is 30.4 Å². The second-order valence-corrected chi connectivity index (χ2v) is 11.3. The topological polar surface area (TPSA) is 115 Å². The van der Waals surface area contributed by atoms with E-state index in [-0.39, 0.29) is 23.9 Å². The number of carbonyl (C=O) groups is 2. The molecule has 3 aromatic carbocycles. The molecule has 1 fully saturated rings. The molecular formula is C35H38N4O6. The van der Waals surface area contributed by atoms with Gasteiger partial charge in [0, 0.05) is 62.2 Å². The van der Waals surface area contributed by atoms with Gasteiger partial charge in [-0.2, -0.15) is 0 Å². The summed E-state index contributed by atoms with van der Waals surface area (Å²) in [4.78, 5) is 46.8. The summed E-state index contributed by atoms with van der Waals surface area (Å²) in [5, 5.41) is 11.5. The number of non-ortho nitro benzene ring substituents is 1. The predicted molar refractivity (Wildman–Crippen MR) is 171 cm³/mol. The molecule has 0 bridgehead atoms. The first-order chi connectivity index (χ1) is 21.8. The van der Waals surface area contributed by atoms with Crippen molar-refractivity contribution in [2.24, 2.45) is 10.9 Å². The van der Waals surface area contributed by atoms with Gasteiger partial charge in [0.1, 0.15) is 12.5 Å². The van der Waals surface area contributed by atoms with Gasteiger partial charge in [0.15, 0.2) is 0 Å². The van der Waals surface area contributed by atoms with Crippen LogP contribution >= 0.6 is 0 Å². The summed E-state index contributed by atoms with van der Waals surface area (Å²) < 4.78 is 10.8. The van der Waals surface area contributed by atoms with Crippen LogP contribution in [0.3, 0.4) is 0 Å². The summed E-state index contributed by atoms with van der Waals surface area (Å²) in [5.41, 5.74) is 3.90. The van der Waals surface area contributed by atoms with Crippen LogP contribution in [0.2, 0.25) is 0 Å². The maximum atomic E-state index is 13.6. The summed E-state index contributed by atoms with van der Waals surface area (Å²) in [7, 11) is 1.27. The second kappa shape index (κ2) is 14.4. The van der Waals surface area contributed by atoms with E-state index in [1.807, 2.05) is 12.1 Å². The molecule has 3 aromatic rings. The van der Waals surface area contributed by atoms with Crippen molar-refractivity contribution in [3.63, 3.8) is 0 Å². The van der Waals surface area contributed by atoms with Gasteiger partial charge in [0.2, 0.25) is 0 Å². The Morgan fingerprint density at radius 3 is 2.13 bits per heavy atom. The molecule has 45 heavy (non-hydrogen) atoms. The molecule has 1 saturated heterocycles. The van der Waals surface area contributed by atoms with Crippen LogP contribution in [0.5, 0.6) is 0 Å². The van der Waals surface area contributed by atoms with Crippen molar-refractivity contribution in [2.45, 2.75) is 25.8 Å². The number of nitrogens with zero attached hydrogens (tertiary/aromatic N) is 4. The molecule has 2 heterocycles. The van der Waals surface area contributed by atoms with Gasteiger partial charge in [-0.05, 0) is 30.5 Å². The number of methoxy groups -OCH3 is 1. The number of allylic oxidation sites excluding steroid dienone is 1. The molecule has 10 heteroatoms. The quantitative estimate of drug-likeness (QED) is 0.176. The minimum atomic E-state index is -0.918. The average molecular weight is 611 g/mol. The maximum absolute atomic E-state index is 13.6. The van der Waals surface area contributed by atoms with Crippen LogP contribution in [0.15, 0.2) is 101 Å². The minimum Gasteiger partial charge on any atom is -0.468 e. The Bertz CT molecular complexity index is 1540. The molecule has 0 N–H and O–H groups in total. The SMILES string of the molecule is COC(=O)C1C(C)=NC(C)=C(C(=O)OCCN2CCN(C(c3ccccc3)c3ccccc3)CC2)C1c1cccc([N+](=O)[O-])c1. The maximum Gasteiger partial charge on any atom is 0.336 e. The average Bonchev–Trinajstić information content (AvgIpc) is 3.06. The van der Waals surface area contributed by atoms with Crippen molar-refractivity contribution in [2.75, 3.05) is 46.4 Å². The Hall–Kier alpha value is -4.67. The van der Waals surface area contributed by atoms with Crippen LogP contribution in [0.4, 0.5) is 5.69 Å². The molecule has 5 rings (SSSR count). The predicted octanol–water partition coefficient (Wildman–Crippen LogP) is 5.17. The first kappa shape index (κ1) is 31.7. The third kappa shape index (κ3) is 7.19. The molecular weight excluding hydrogens is 572 g/mol. The first-order valence-electron chi connectivity index (χ1n) is 15.1. The van der Waals surface area contributed by atoms with Crippen molar-refractivity contribution in [3.05, 3.63) is 123 Å². The number of nitro benzene ring substituents is 1. The molecule has 2 atom stereocenters. The second-order valence-electron chi connectivity index (χ2n) is 11.3. The standard InChI is InChI=1S/C35H38N4O6/c1-24-30(34(40)44-3)32(28-15-10-16-29(23-28)39(42)43)31(25(2)36-24)35(41)45-22-21-37-17-19-38(20-18-37)33(26-11-6-4-7-12-26)27-13-8-5-9-14-27/h4-16,23,30,32-33H,17-22H2,1-3H3. The number of nitro groups is 1. The molecule has 0 saturated carbocycles. The normalized spacial score (nSPS) is 19.2. The fourth-order valence-corrected chi connectivity index (χ4v) is 6.40. The lowest BCUT2D eigenvalue weighted by atomic mass is 9.75. The van der Waals surface area contributed by atoms with Crippen LogP contribution < -0.4 is 0 Å². The lowest BCUT2D eigenvalue weighted by Gasteiger charge is -2.39. The van der Waals surface area contributed by atoms with E-state index >= 15 is 0 Å². The Morgan fingerprint density at radius 1 is 0.933 bits per heavy atom. The number of hydrogen-bond donors (Lipinski definition) is 0. The first-order valence-corrected chi connectivity index (χ1v) is 15.1. The number of carbonyl (C=O) groups excluding carboxylic acids is 2. The molecule has 2 aliphatic rings. The number of piperazine rings is 1. The number of ether oxygens (including phenoxy) is 2. The number of rotatable bonds is 10. The number of hydrogen-bond acceptors (Lipinski definition) is 9. The van der Waals surface area contributed by atoms with E-state index in [0.717, 1.165) is 26.2 Å². The van der Waals surface area contributed by atoms with Crippen LogP contribution in [0.25, 0.3) is 0 Å². The highest BCUT2D eigenvalue weighted by molar-refractivity contribution is 6.07. The van der Waals surface area contributed by atoms with Gasteiger partial charge in [0.05, 0.1) is 23.6 Å². The van der Waals surface area contributed by atoms with Crippen molar-refractivity contribution in [3.8, 4) is 0 Å². The molecule has 0 spiro atoms. The summed E-state index contributed by atoms with van der Waals surface area (Å²) in [5.74, 6) is -2.92. The minimum absolute atomic E-state index is 0.137. The molecule has 0 aromatic heterocycles. The molecule has 2 unspecified atom stereocenters. The molecule has 234 valence electrons. The number of benzene rings is 3. The highest BCUT2D eigenvalue weighted by Crippen LogP contribution is 2.41. The zero-order valence-electron chi connectivity index (χ0n) is 25.8. The zero-order chi connectivity index (χ0) is 31.9. The Labute approximate surface area is 263 Å². The lowest BCUT2D eigenvalue weighted by Crippen LogP contribution is -2.48. The van der Waals surface area contributed by atoms with E-state index in [2.05, 4.69) is 63.3 Å². The van der Waals surface area contributed by atoms with Crippen molar-refractivity contribution in [1.29, 1.82) is 0 Å². The fourth-order valence-electron chi connectivity index (χ4n) is 6.40. The van der Waals surface area contributed by atoms with Crippen LogP contribution in [0.1, 0.15) is 42.5 Å². The van der Waals surface area contributed by atoms with Crippen LogP contribution in [0, 0.1) is 16.0 Å². The van der Waals surface area contributed by atoms with Crippen molar-refractivity contribution in [1.82, 2.24) is 9.80 Å².